The summed E-state index contributed by atoms with van der Waals surface area (Å²) >= 11 is 0. The van der Waals surface area contributed by atoms with Crippen molar-refractivity contribution in [2.45, 2.75) is 0 Å². The quantitative estimate of drug-likeness (QED) is 0.579. The van der Waals surface area contributed by atoms with Gasteiger partial charge in [0.2, 0.25) is 11.5 Å². The summed E-state index contributed by atoms with van der Waals surface area (Å²) in [5.74, 6) is 0.121. The van der Waals surface area contributed by atoms with Crippen molar-refractivity contribution in [3.8, 4) is 23.3 Å². The van der Waals surface area contributed by atoms with Gasteiger partial charge >= 0.3 is 0 Å². The molecule has 0 unspecified atom stereocenters. The van der Waals surface area contributed by atoms with E-state index in [0.29, 0.717) is 0 Å². The highest BCUT2D eigenvalue weighted by Crippen LogP contribution is 2.37. The van der Waals surface area contributed by atoms with Crippen LogP contribution in [0.3, 0.4) is 0 Å². The van der Waals surface area contributed by atoms with E-state index in [1.165, 1.54) is 26.4 Å². The van der Waals surface area contributed by atoms with E-state index >= 15 is 0 Å². The van der Waals surface area contributed by atoms with Crippen LogP contribution in [0.4, 0.5) is 0 Å². The summed E-state index contributed by atoms with van der Waals surface area (Å²) in [6.45, 7) is 0. The van der Waals surface area contributed by atoms with Crippen molar-refractivity contribution in [2.75, 3.05) is 14.2 Å². The summed E-state index contributed by atoms with van der Waals surface area (Å²) in [5.41, 5.74) is 0.260. The van der Waals surface area contributed by atoms with E-state index in [9.17, 15) is 5.11 Å². The highest BCUT2D eigenvalue weighted by Gasteiger charge is 2.12. The lowest BCUT2D eigenvalue weighted by molar-refractivity contribution is -0.179. The van der Waals surface area contributed by atoms with Crippen molar-refractivity contribution in [3.63, 3.8) is 0 Å². The second-order valence-corrected chi connectivity index (χ2v) is 2.39. The molecule has 1 rings (SSSR count). The molecule has 0 aromatic heterocycles. The topological polar surface area (TPSA) is 71.7 Å². The molecule has 14 heavy (non-hydrogen) atoms. The minimum absolute atomic E-state index is 0.130. The van der Waals surface area contributed by atoms with E-state index in [4.69, 9.17) is 14.9 Å². The van der Waals surface area contributed by atoms with Gasteiger partial charge in [-0.25, -0.2) is 0 Å². The summed E-state index contributed by atoms with van der Waals surface area (Å²) in [6, 6.07) is 4.55. The largest absolute Gasteiger partial charge is 0.504 e. The van der Waals surface area contributed by atoms with Crippen molar-refractivity contribution in [3.05, 3.63) is 17.7 Å². The third-order valence-corrected chi connectivity index (χ3v) is 1.54. The predicted octanol–water partition coefficient (Wildman–Crippen LogP) is 1.21. The van der Waals surface area contributed by atoms with E-state index in [1.807, 2.05) is 6.07 Å². The summed E-state index contributed by atoms with van der Waals surface area (Å²) in [5, 5.41) is 18.0. The second-order valence-electron chi connectivity index (χ2n) is 2.39. The maximum Gasteiger partial charge on any atom is 0.212 e. The number of hydrogen-bond acceptors (Lipinski definition) is 5. The van der Waals surface area contributed by atoms with Gasteiger partial charge in [0.15, 0.2) is 5.75 Å². The lowest BCUT2D eigenvalue weighted by atomic mass is 10.2. The molecule has 74 valence electrons. The standard InChI is InChI=1S/C9H9NO4/c1-12-9-7(11)3-6(5-10)4-8(9)14-13-2/h3-4,11H,1-2H3. The molecule has 0 spiro atoms. The first-order chi connectivity index (χ1) is 6.72. The van der Waals surface area contributed by atoms with E-state index in [2.05, 4.69) is 4.89 Å². The Labute approximate surface area is 81.0 Å². The minimum atomic E-state index is -0.168. The number of aromatic hydroxyl groups is 1. The molecule has 0 aliphatic carbocycles. The number of benzene rings is 1. The molecular weight excluding hydrogens is 186 g/mol. The van der Waals surface area contributed by atoms with Crippen LogP contribution in [-0.2, 0) is 4.89 Å². The number of hydrogen-bond donors (Lipinski definition) is 1. The average molecular weight is 195 g/mol. The Balaban J connectivity index is 3.22. The molecule has 0 aliphatic heterocycles. The van der Waals surface area contributed by atoms with Gasteiger partial charge in [-0.3, -0.25) is 0 Å². The average Bonchev–Trinajstić information content (AvgIpc) is 2.18. The molecule has 0 aliphatic rings. The number of methoxy groups -OCH3 is 1. The molecule has 0 bridgehead atoms. The predicted molar refractivity (Wildman–Crippen MR) is 47.0 cm³/mol. The van der Waals surface area contributed by atoms with Gasteiger partial charge in [0, 0.05) is 12.1 Å². The monoisotopic (exact) mass is 195 g/mol. The molecule has 5 heteroatoms. The van der Waals surface area contributed by atoms with Gasteiger partial charge in [-0.1, -0.05) is 0 Å². The number of nitriles is 1. The Bertz CT molecular complexity index is 370. The maximum absolute atomic E-state index is 9.42. The third-order valence-electron chi connectivity index (χ3n) is 1.54. The van der Waals surface area contributed by atoms with Gasteiger partial charge in [0.1, 0.15) is 0 Å². The smallest absolute Gasteiger partial charge is 0.212 e. The molecule has 0 saturated carbocycles. The third kappa shape index (κ3) is 1.87. The van der Waals surface area contributed by atoms with Crippen molar-refractivity contribution in [1.29, 1.82) is 5.26 Å². The molecule has 0 saturated heterocycles. The van der Waals surface area contributed by atoms with Crippen LogP contribution in [0, 0.1) is 11.3 Å². The molecular formula is C9H9NO4. The lowest BCUT2D eigenvalue weighted by Gasteiger charge is -2.08. The Morgan fingerprint density at radius 1 is 1.36 bits per heavy atom. The van der Waals surface area contributed by atoms with Crippen molar-refractivity contribution < 1.29 is 19.6 Å². The number of phenolic OH excluding ortho intramolecular Hbond substituents is 1. The van der Waals surface area contributed by atoms with Crippen LogP contribution in [0.2, 0.25) is 0 Å². The van der Waals surface area contributed by atoms with E-state index in [1.54, 1.807) is 0 Å². The first-order valence-corrected chi connectivity index (χ1v) is 3.74. The van der Waals surface area contributed by atoms with Crippen molar-refractivity contribution in [2.24, 2.45) is 0 Å². The number of nitrogens with zero attached hydrogens (tertiary/aromatic N) is 1. The van der Waals surface area contributed by atoms with Crippen LogP contribution in [0.1, 0.15) is 5.56 Å². The fraction of sp³-hybridized carbons (Fsp3) is 0.222. The molecule has 0 amide bonds. The summed E-state index contributed by atoms with van der Waals surface area (Å²) in [7, 11) is 2.69. The van der Waals surface area contributed by atoms with Gasteiger partial charge in [-0.2, -0.15) is 10.1 Å². The summed E-state index contributed by atoms with van der Waals surface area (Å²) < 4.78 is 4.86. The summed E-state index contributed by atoms with van der Waals surface area (Å²) in [4.78, 5) is 9.14. The zero-order chi connectivity index (χ0) is 10.6. The molecule has 0 atom stereocenters. The summed E-state index contributed by atoms with van der Waals surface area (Å²) in [6.07, 6.45) is 0. The maximum atomic E-state index is 9.42. The first-order valence-electron chi connectivity index (χ1n) is 3.74. The Kier molecular flexibility index (Phi) is 3.15. The number of phenols is 1. The Morgan fingerprint density at radius 2 is 2.07 bits per heavy atom. The fourth-order valence-electron chi connectivity index (χ4n) is 1.01. The highest BCUT2D eigenvalue weighted by atomic mass is 17.2. The van der Waals surface area contributed by atoms with Crippen LogP contribution < -0.4 is 9.62 Å². The van der Waals surface area contributed by atoms with Gasteiger partial charge in [-0.05, 0) is 0 Å². The van der Waals surface area contributed by atoms with Crippen LogP contribution in [0.25, 0.3) is 0 Å². The van der Waals surface area contributed by atoms with E-state index in [-0.39, 0.29) is 22.8 Å². The van der Waals surface area contributed by atoms with Gasteiger partial charge in [-0.15, -0.1) is 0 Å². The van der Waals surface area contributed by atoms with Crippen LogP contribution in [0.15, 0.2) is 12.1 Å². The van der Waals surface area contributed by atoms with Gasteiger partial charge in [0.05, 0.1) is 25.9 Å². The van der Waals surface area contributed by atoms with E-state index < -0.39 is 0 Å². The molecule has 0 radical (unpaired) electrons. The highest BCUT2D eigenvalue weighted by molar-refractivity contribution is 5.55. The molecule has 0 heterocycles. The molecule has 1 aromatic carbocycles. The van der Waals surface area contributed by atoms with Crippen molar-refractivity contribution >= 4 is 0 Å². The second kappa shape index (κ2) is 4.35. The van der Waals surface area contributed by atoms with Crippen LogP contribution >= 0.6 is 0 Å². The fourth-order valence-corrected chi connectivity index (χ4v) is 1.01. The molecule has 5 nitrogen and oxygen atoms in total. The van der Waals surface area contributed by atoms with Crippen molar-refractivity contribution in [1.82, 2.24) is 0 Å². The Morgan fingerprint density at radius 3 is 2.57 bits per heavy atom. The van der Waals surface area contributed by atoms with E-state index in [0.717, 1.165) is 0 Å². The molecule has 0 fully saturated rings. The van der Waals surface area contributed by atoms with Gasteiger partial charge in [0.25, 0.3) is 0 Å². The van der Waals surface area contributed by atoms with Crippen LogP contribution in [0.5, 0.6) is 17.2 Å². The minimum Gasteiger partial charge on any atom is -0.504 e. The molecule has 1 N–H and O–H groups in total. The lowest BCUT2D eigenvalue weighted by Crippen LogP contribution is -1.95. The zero-order valence-electron chi connectivity index (χ0n) is 7.77. The zero-order valence-corrected chi connectivity index (χ0v) is 7.77. The first kappa shape index (κ1) is 10.2. The normalized spacial score (nSPS) is 9.21. The number of ether oxygens (including phenoxy) is 1. The SMILES string of the molecule is COOc1cc(C#N)cc(O)c1OC. The Hall–Kier alpha value is -1.93. The van der Waals surface area contributed by atoms with Crippen LogP contribution in [-0.4, -0.2) is 19.3 Å². The number of rotatable bonds is 3. The van der Waals surface area contributed by atoms with Gasteiger partial charge < -0.3 is 14.7 Å². The molecule has 1 aromatic rings.